The van der Waals surface area contributed by atoms with Crippen LogP contribution in [0.3, 0.4) is 0 Å². The number of aromatic nitrogens is 2. The Morgan fingerprint density at radius 3 is 2.56 bits per heavy atom. The topological polar surface area (TPSA) is 52.9 Å². The number of rotatable bonds is 5. The number of amides is 1. The summed E-state index contributed by atoms with van der Waals surface area (Å²) in [6, 6.07) is 12.1. The largest absolute Gasteiger partial charge is 0.355 e. The van der Waals surface area contributed by atoms with Gasteiger partial charge in [-0.05, 0) is 55.4 Å². The Balaban J connectivity index is 1.45. The highest BCUT2D eigenvalue weighted by molar-refractivity contribution is 5.94. The molecule has 6 heteroatoms. The number of carbonyl (C=O) groups is 1. The molecule has 140 valence electrons. The Hall–Kier alpha value is -2.86. The monoisotopic (exact) mass is 363 g/mol. The minimum absolute atomic E-state index is 0.0380. The van der Waals surface area contributed by atoms with E-state index in [9.17, 15) is 4.79 Å². The van der Waals surface area contributed by atoms with Crippen molar-refractivity contribution < 1.29 is 4.79 Å². The van der Waals surface area contributed by atoms with Gasteiger partial charge in [-0.3, -0.25) is 9.78 Å². The maximum atomic E-state index is 12.6. The van der Waals surface area contributed by atoms with Crippen molar-refractivity contribution in [1.82, 2.24) is 19.6 Å². The first-order valence-corrected chi connectivity index (χ1v) is 9.42. The number of pyridine rings is 2. The molecule has 0 unspecified atom stereocenters. The van der Waals surface area contributed by atoms with Crippen LogP contribution in [0.5, 0.6) is 0 Å². The zero-order valence-corrected chi connectivity index (χ0v) is 15.6. The van der Waals surface area contributed by atoms with Crippen molar-refractivity contribution in [1.29, 1.82) is 0 Å². The Morgan fingerprint density at radius 1 is 1.04 bits per heavy atom. The number of fused-ring (bicyclic) bond motifs is 1. The fourth-order valence-electron chi connectivity index (χ4n) is 3.49. The van der Waals surface area contributed by atoms with E-state index in [1.165, 1.54) is 5.56 Å². The number of hydrogen-bond donors (Lipinski definition) is 1. The van der Waals surface area contributed by atoms with Gasteiger partial charge in [0.15, 0.2) is 0 Å². The zero-order valence-electron chi connectivity index (χ0n) is 15.6. The van der Waals surface area contributed by atoms with Crippen LogP contribution >= 0.6 is 0 Å². The smallest absolute Gasteiger partial charge is 0.252 e. The second-order valence-corrected chi connectivity index (χ2v) is 7.06. The third-order valence-corrected chi connectivity index (χ3v) is 5.17. The quantitative estimate of drug-likeness (QED) is 0.754. The summed E-state index contributed by atoms with van der Waals surface area (Å²) in [5, 5.41) is 3.02. The van der Waals surface area contributed by atoms with Gasteiger partial charge in [-0.1, -0.05) is 0 Å². The van der Waals surface area contributed by atoms with Crippen LogP contribution in [0.25, 0.3) is 5.52 Å². The molecular weight excluding hydrogens is 338 g/mol. The molecule has 1 aliphatic heterocycles. The van der Waals surface area contributed by atoms with Crippen LogP contribution in [0.1, 0.15) is 15.9 Å². The van der Waals surface area contributed by atoms with Crippen LogP contribution in [-0.4, -0.2) is 60.0 Å². The van der Waals surface area contributed by atoms with Gasteiger partial charge in [0.25, 0.3) is 5.91 Å². The van der Waals surface area contributed by atoms with Crippen LogP contribution < -0.4 is 10.2 Å². The first kappa shape index (κ1) is 17.5. The summed E-state index contributed by atoms with van der Waals surface area (Å²) in [6.07, 6.45) is 6.30. The predicted octanol–water partition coefficient (Wildman–Crippen LogP) is 2.06. The lowest BCUT2D eigenvalue weighted by molar-refractivity contribution is 0.0953. The molecule has 1 fully saturated rings. The number of hydrogen-bond acceptors (Lipinski definition) is 4. The molecule has 0 aromatic carbocycles. The summed E-state index contributed by atoms with van der Waals surface area (Å²) in [6.45, 7) is 4.73. The third-order valence-electron chi connectivity index (χ3n) is 5.17. The Bertz CT molecular complexity index is 913. The van der Waals surface area contributed by atoms with E-state index in [-0.39, 0.29) is 5.91 Å². The first-order valence-electron chi connectivity index (χ1n) is 9.42. The van der Waals surface area contributed by atoms with Crippen LogP contribution in [0, 0.1) is 0 Å². The number of nitrogens with zero attached hydrogens (tertiary/aromatic N) is 4. The highest BCUT2D eigenvalue weighted by Crippen LogP contribution is 2.21. The first-order chi connectivity index (χ1) is 13.2. The average Bonchev–Trinajstić information content (AvgIpc) is 3.12. The molecule has 0 atom stereocenters. The van der Waals surface area contributed by atoms with Gasteiger partial charge in [0.05, 0.1) is 5.56 Å². The molecule has 4 heterocycles. The van der Waals surface area contributed by atoms with Crippen LogP contribution in [0.4, 0.5) is 5.82 Å². The molecule has 27 heavy (non-hydrogen) atoms. The standard InChI is InChI=1S/C21H25N5O/c1-24-12-14-25(15-13-24)20-5-4-19-3-2-18(16-26(19)20)21(27)23-11-8-17-6-9-22-10-7-17/h2-7,9-10,16H,8,11-15H2,1H3,(H,23,27). The number of nitrogens with one attached hydrogen (secondary N) is 1. The molecule has 1 saturated heterocycles. The molecule has 1 N–H and O–H groups in total. The molecule has 0 aliphatic carbocycles. The highest BCUT2D eigenvalue weighted by Gasteiger charge is 2.17. The minimum atomic E-state index is -0.0380. The highest BCUT2D eigenvalue weighted by atomic mass is 16.1. The Labute approximate surface area is 159 Å². The molecule has 4 rings (SSSR count). The second kappa shape index (κ2) is 7.80. The number of anilines is 1. The van der Waals surface area contributed by atoms with Crippen molar-refractivity contribution >= 4 is 17.2 Å². The van der Waals surface area contributed by atoms with Crippen molar-refractivity contribution in [3.63, 3.8) is 0 Å². The SMILES string of the molecule is CN1CCN(c2ccc3ccc(C(=O)NCCc4ccncc4)cn23)CC1. The van der Waals surface area contributed by atoms with Gasteiger partial charge >= 0.3 is 0 Å². The predicted molar refractivity (Wildman–Crippen MR) is 107 cm³/mol. The summed E-state index contributed by atoms with van der Waals surface area (Å²) >= 11 is 0. The average molecular weight is 363 g/mol. The lowest BCUT2D eigenvalue weighted by Gasteiger charge is -2.33. The van der Waals surface area contributed by atoms with Crippen molar-refractivity contribution in [2.75, 3.05) is 44.7 Å². The lowest BCUT2D eigenvalue weighted by atomic mass is 10.2. The summed E-state index contributed by atoms with van der Waals surface area (Å²) < 4.78 is 2.13. The van der Waals surface area contributed by atoms with Crippen LogP contribution in [0.2, 0.25) is 0 Å². The number of carbonyl (C=O) groups excluding carboxylic acids is 1. The summed E-state index contributed by atoms with van der Waals surface area (Å²) in [5.74, 6) is 1.12. The van der Waals surface area contributed by atoms with Gasteiger partial charge in [0, 0.05) is 56.8 Å². The minimum Gasteiger partial charge on any atom is -0.355 e. The molecule has 3 aromatic rings. The Kier molecular flexibility index (Phi) is 5.07. The fraction of sp³-hybridized carbons (Fsp3) is 0.333. The van der Waals surface area contributed by atoms with Crippen molar-refractivity contribution in [3.05, 3.63) is 66.1 Å². The van der Waals surface area contributed by atoms with Crippen LogP contribution in [-0.2, 0) is 6.42 Å². The molecule has 3 aromatic heterocycles. The van der Waals surface area contributed by atoms with Crippen molar-refractivity contribution in [2.24, 2.45) is 0 Å². The molecule has 0 saturated carbocycles. The molecule has 1 aliphatic rings. The molecule has 0 bridgehead atoms. The fourth-order valence-corrected chi connectivity index (χ4v) is 3.49. The summed E-state index contributed by atoms with van der Waals surface area (Å²) in [5.41, 5.74) is 2.96. The van der Waals surface area contributed by atoms with E-state index >= 15 is 0 Å². The van der Waals surface area contributed by atoms with Gasteiger partial charge in [0.1, 0.15) is 5.82 Å². The van der Waals surface area contributed by atoms with E-state index in [1.807, 2.05) is 30.5 Å². The third kappa shape index (κ3) is 3.95. The van der Waals surface area contributed by atoms with Crippen molar-refractivity contribution in [3.8, 4) is 0 Å². The maximum Gasteiger partial charge on any atom is 0.252 e. The van der Waals surface area contributed by atoms with E-state index < -0.39 is 0 Å². The van der Waals surface area contributed by atoms with Crippen LogP contribution in [0.15, 0.2) is 55.0 Å². The molecule has 1 amide bonds. The van der Waals surface area contributed by atoms with Crippen molar-refractivity contribution in [2.45, 2.75) is 6.42 Å². The van der Waals surface area contributed by atoms with E-state index in [2.05, 4.69) is 43.7 Å². The molecule has 0 spiro atoms. The maximum absolute atomic E-state index is 12.6. The second-order valence-electron chi connectivity index (χ2n) is 7.06. The normalized spacial score (nSPS) is 15.2. The van der Waals surface area contributed by atoms with Gasteiger partial charge in [-0.15, -0.1) is 0 Å². The van der Waals surface area contributed by atoms with Gasteiger partial charge in [0.2, 0.25) is 0 Å². The Morgan fingerprint density at radius 2 is 1.78 bits per heavy atom. The van der Waals surface area contributed by atoms with Gasteiger partial charge in [-0.2, -0.15) is 0 Å². The molecule has 6 nitrogen and oxygen atoms in total. The molecular formula is C21H25N5O. The number of piperazine rings is 1. The van der Waals surface area contributed by atoms with E-state index in [0.717, 1.165) is 43.9 Å². The van der Waals surface area contributed by atoms with E-state index in [1.54, 1.807) is 12.4 Å². The lowest BCUT2D eigenvalue weighted by Crippen LogP contribution is -2.44. The van der Waals surface area contributed by atoms with Gasteiger partial charge < -0.3 is 19.5 Å². The van der Waals surface area contributed by atoms with E-state index in [4.69, 9.17) is 0 Å². The zero-order chi connectivity index (χ0) is 18.6. The summed E-state index contributed by atoms with van der Waals surface area (Å²) in [7, 11) is 2.15. The molecule has 0 radical (unpaired) electrons. The van der Waals surface area contributed by atoms with Gasteiger partial charge in [-0.25, -0.2) is 0 Å². The van der Waals surface area contributed by atoms with E-state index in [0.29, 0.717) is 12.1 Å². The number of likely N-dealkylation sites (N-methyl/N-ethyl adjacent to an activating group) is 1. The summed E-state index contributed by atoms with van der Waals surface area (Å²) in [4.78, 5) is 21.3.